The van der Waals surface area contributed by atoms with Gasteiger partial charge in [0.1, 0.15) is 0 Å². The minimum absolute atomic E-state index is 0.218. The van der Waals surface area contributed by atoms with Crippen LogP contribution in [0.3, 0.4) is 0 Å². The van der Waals surface area contributed by atoms with E-state index in [2.05, 4.69) is 15.9 Å². The number of carbonyl (C=O) groups excluding carboxylic acids is 2. The van der Waals surface area contributed by atoms with E-state index < -0.39 is 11.3 Å². The Kier molecular flexibility index (Phi) is 5.15. The molecule has 3 nitrogen and oxygen atoms in total. The van der Waals surface area contributed by atoms with E-state index >= 15 is 0 Å². The minimum Gasteiger partial charge on any atom is -0.462 e. The van der Waals surface area contributed by atoms with Crippen LogP contribution in [0.1, 0.15) is 34.6 Å². The van der Waals surface area contributed by atoms with Crippen molar-refractivity contribution in [3.05, 3.63) is 33.8 Å². The lowest BCUT2D eigenvalue weighted by Crippen LogP contribution is -2.13. The number of halogens is 2. The first-order valence-corrected chi connectivity index (χ1v) is 6.35. The summed E-state index contributed by atoms with van der Waals surface area (Å²) in [5.74, 6) is -0.680. The predicted octanol–water partition coefficient (Wildman–Crippen LogP) is 3.44. The highest BCUT2D eigenvalue weighted by Crippen LogP contribution is 2.21. The van der Waals surface area contributed by atoms with E-state index in [0.717, 1.165) is 0 Å². The van der Waals surface area contributed by atoms with Crippen molar-refractivity contribution in [1.82, 2.24) is 0 Å². The Balaban J connectivity index is 3.10. The molecule has 17 heavy (non-hydrogen) atoms. The molecule has 1 unspecified atom stereocenters. The lowest BCUT2D eigenvalue weighted by molar-refractivity contribution is 0.0525. The Bertz CT molecular complexity index is 443. The van der Waals surface area contributed by atoms with Gasteiger partial charge in [0, 0.05) is 10.0 Å². The van der Waals surface area contributed by atoms with Crippen molar-refractivity contribution in [2.75, 3.05) is 6.61 Å². The smallest absolute Gasteiger partial charge is 0.339 e. The number of Topliss-reactive ketones (excluding diaryl/α,β-unsaturated/α-hetero) is 1. The third kappa shape index (κ3) is 3.54. The first-order valence-electron chi connectivity index (χ1n) is 5.12. The van der Waals surface area contributed by atoms with Gasteiger partial charge in [-0.2, -0.15) is 0 Å². The molecule has 0 aliphatic rings. The molecular formula is C12H12BrClO3. The molecule has 92 valence electrons. The quantitative estimate of drug-likeness (QED) is 0.485. The molecule has 5 heteroatoms. The summed E-state index contributed by atoms with van der Waals surface area (Å²) in [6.45, 7) is 3.60. The summed E-state index contributed by atoms with van der Waals surface area (Å²) in [6.07, 6.45) is 0. The van der Waals surface area contributed by atoms with Gasteiger partial charge in [-0.3, -0.25) is 4.79 Å². The van der Waals surface area contributed by atoms with Gasteiger partial charge in [-0.15, -0.1) is 11.6 Å². The van der Waals surface area contributed by atoms with Crippen molar-refractivity contribution < 1.29 is 14.3 Å². The van der Waals surface area contributed by atoms with Crippen LogP contribution in [-0.4, -0.2) is 23.7 Å². The van der Waals surface area contributed by atoms with Crippen molar-refractivity contribution in [2.45, 2.75) is 19.2 Å². The molecule has 0 N–H and O–H groups in total. The molecular weight excluding hydrogens is 307 g/mol. The molecule has 0 fully saturated rings. The molecule has 0 aliphatic heterocycles. The summed E-state index contributed by atoms with van der Waals surface area (Å²) in [4.78, 5) is 23.3. The summed E-state index contributed by atoms with van der Waals surface area (Å²) in [5.41, 5.74) is 0.730. The molecule has 0 amide bonds. The Hall–Kier alpha value is -0.870. The molecule has 1 atom stereocenters. The fraction of sp³-hybridized carbons (Fsp3) is 0.333. The van der Waals surface area contributed by atoms with Crippen LogP contribution in [0.5, 0.6) is 0 Å². The van der Waals surface area contributed by atoms with E-state index in [9.17, 15) is 9.59 Å². The zero-order valence-corrected chi connectivity index (χ0v) is 11.8. The van der Waals surface area contributed by atoms with E-state index in [1.54, 1.807) is 26.0 Å². The number of benzene rings is 1. The SMILES string of the molecule is CCOC(=O)c1cc(C(=O)C(C)Cl)ccc1Br. The highest BCUT2D eigenvalue weighted by Gasteiger charge is 2.17. The Labute approximate surface area is 113 Å². The van der Waals surface area contributed by atoms with Gasteiger partial charge in [0.05, 0.1) is 17.5 Å². The van der Waals surface area contributed by atoms with Crippen LogP contribution < -0.4 is 0 Å². The van der Waals surface area contributed by atoms with Gasteiger partial charge in [-0.05, 0) is 41.9 Å². The second kappa shape index (κ2) is 6.17. The number of ketones is 1. The van der Waals surface area contributed by atoms with Crippen molar-refractivity contribution >= 4 is 39.3 Å². The van der Waals surface area contributed by atoms with Crippen LogP contribution in [-0.2, 0) is 4.74 Å². The number of carbonyl (C=O) groups is 2. The summed E-state index contributed by atoms with van der Waals surface area (Å²) in [5, 5.41) is -0.619. The fourth-order valence-corrected chi connectivity index (χ4v) is 1.81. The molecule has 1 aromatic carbocycles. The molecule has 0 spiro atoms. The molecule has 1 aromatic rings. The highest BCUT2D eigenvalue weighted by molar-refractivity contribution is 9.10. The van der Waals surface area contributed by atoms with Gasteiger partial charge in [-0.1, -0.05) is 6.07 Å². The van der Waals surface area contributed by atoms with Gasteiger partial charge in [-0.25, -0.2) is 4.79 Å². The first-order chi connectivity index (χ1) is 7.97. The van der Waals surface area contributed by atoms with E-state index in [-0.39, 0.29) is 12.4 Å². The Morgan fingerprint density at radius 3 is 2.65 bits per heavy atom. The normalized spacial score (nSPS) is 12.0. The summed E-state index contributed by atoms with van der Waals surface area (Å²) >= 11 is 8.96. The topological polar surface area (TPSA) is 43.4 Å². The summed E-state index contributed by atoms with van der Waals surface area (Å²) < 4.78 is 5.48. The number of alkyl halides is 1. The van der Waals surface area contributed by atoms with Crippen LogP contribution in [0, 0.1) is 0 Å². The number of hydrogen-bond donors (Lipinski definition) is 0. The molecule has 0 bridgehead atoms. The number of esters is 1. The third-order valence-electron chi connectivity index (χ3n) is 2.11. The first kappa shape index (κ1) is 14.2. The van der Waals surface area contributed by atoms with Gasteiger partial charge in [0.15, 0.2) is 5.78 Å². The number of ether oxygens (including phenoxy) is 1. The monoisotopic (exact) mass is 318 g/mol. The Morgan fingerprint density at radius 1 is 1.47 bits per heavy atom. The maximum absolute atomic E-state index is 11.7. The van der Waals surface area contributed by atoms with Gasteiger partial charge < -0.3 is 4.74 Å². The van der Waals surface area contributed by atoms with Gasteiger partial charge in [0.2, 0.25) is 0 Å². The van der Waals surface area contributed by atoms with Crippen LogP contribution >= 0.6 is 27.5 Å². The van der Waals surface area contributed by atoms with Crippen molar-refractivity contribution in [3.63, 3.8) is 0 Å². The van der Waals surface area contributed by atoms with Gasteiger partial charge in [0.25, 0.3) is 0 Å². The third-order valence-corrected chi connectivity index (χ3v) is 3.00. The summed E-state index contributed by atoms with van der Waals surface area (Å²) in [6, 6.07) is 4.75. The molecule has 0 saturated heterocycles. The minimum atomic E-state index is -0.619. The zero-order valence-electron chi connectivity index (χ0n) is 9.50. The molecule has 0 aromatic heterocycles. The molecule has 0 heterocycles. The molecule has 1 rings (SSSR count). The number of hydrogen-bond acceptors (Lipinski definition) is 3. The molecule has 0 saturated carbocycles. The van der Waals surface area contributed by atoms with E-state index in [1.807, 2.05) is 0 Å². The Morgan fingerprint density at radius 2 is 2.12 bits per heavy atom. The zero-order chi connectivity index (χ0) is 13.0. The number of rotatable bonds is 4. The van der Waals surface area contributed by atoms with E-state index in [4.69, 9.17) is 16.3 Å². The summed E-state index contributed by atoms with van der Waals surface area (Å²) in [7, 11) is 0. The molecule has 0 radical (unpaired) electrons. The standard InChI is InChI=1S/C12H12BrClO3/c1-3-17-12(16)9-6-8(4-5-10(9)13)11(15)7(2)14/h4-7H,3H2,1-2H3. The van der Waals surface area contributed by atoms with Crippen LogP contribution in [0.4, 0.5) is 0 Å². The van der Waals surface area contributed by atoms with Crippen LogP contribution in [0.15, 0.2) is 22.7 Å². The van der Waals surface area contributed by atoms with Crippen molar-refractivity contribution in [1.29, 1.82) is 0 Å². The second-order valence-corrected chi connectivity index (χ2v) is 4.90. The van der Waals surface area contributed by atoms with Crippen LogP contribution in [0.25, 0.3) is 0 Å². The average Bonchev–Trinajstić information content (AvgIpc) is 2.28. The lowest BCUT2D eigenvalue weighted by Gasteiger charge is -2.07. The average molecular weight is 320 g/mol. The van der Waals surface area contributed by atoms with Gasteiger partial charge >= 0.3 is 5.97 Å². The highest BCUT2D eigenvalue weighted by atomic mass is 79.9. The van der Waals surface area contributed by atoms with E-state index in [1.165, 1.54) is 6.07 Å². The second-order valence-electron chi connectivity index (χ2n) is 3.40. The van der Waals surface area contributed by atoms with Crippen molar-refractivity contribution in [2.24, 2.45) is 0 Å². The predicted molar refractivity (Wildman–Crippen MR) is 69.7 cm³/mol. The maximum atomic E-state index is 11.7. The van der Waals surface area contributed by atoms with E-state index in [0.29, 0.717) is 15.6 Å². The molecule has 0 aliphatic carbocycles. The van der Waals surface area contributed by atoms with Crippen molar-refractivity contribution in [3.8, 4) is 0 Å². The lowest BCUT2D eigenvalue weighted by atomic mass is 10.1. The fourth-order valence-electron chi connectivity index (χ4n) is 1.27. The largest absolute Gasteiger partial charge is 0.462 e. The maximum Gasteiger partial charge on any atom is 0.339 e. The van der Waals surface area contributed by atoms with Crippen LogP contribution in [0.2, 0.25) is 0 Å².